The quantitative estimate of drug-likeness (QED) is 0.706. The highest BCUT2D eigenvalue weighted by Gasteiger charge is 2.44. The minimum atomic E-state index is -1.01. The van der Waals surface area contributed by atoms with E-state index < -0.39 is 11.5 Å². The zero-order valence-corrected chi connectivity index (χ0v) is 12.6. The first-order valence-corrected chi connectivity index (χ1v) is 7.25. The number of aliphatic carboxylic acids is 1. The second kappa shape index (κ2) is 8.02. The molecule has 1 unspecified atom stereocenters. The van der Waals surface area contributed by atoms with E-state index in [1.165, 1.54) is 0 Å². The maximum Gasteiger partial charge on any atom is 0.328 e. The van der Waals surface area contributed by atoms with Gasteiger partial charge < -0.3 is 9.84 Å². The molecule has 0 radical (unpaired) electrons. The van der Waals surface area contributed by atoms with Gasteiger partial charge in [-0.25, -0.2) is 4.79 Å². The molecule has 0 aliphatic rings. The molecule has 0 aromatic heterocycles. The monoisotopic (exact) mass is 279 g/mol. The van der Waals surface area contributed by atoms with Gasteiger partial charge in [-0.2, -0.15) is 0 Å². The first-order valence-electron chi connectivity index (χ1n) is 7.25. The minimum absolute atomic E-state index is 0.439. The van der Waals surface area contributed by atoms with Crippen LogP contribution in [0.2, 0.25) is 0 Å². The third-order valence-corrected chi connectivity index (χ3v) is 3.72. The lowest BCUT2D eigenvalue weighted by Crippen LogP contribution is -2.52. The Morgan fingerprint density at radius 2 is 1.80 bits per heavy atom. The van der Waals surface area contributed by atoms with E-state index in [1.807, 2.05) is 56.0 Å². The van der Waals surface area contributed by atoms with Crippen LogP contribution in [-0.2, 0) is 15.1 Å². The van der Waals surface area contributed by atoms with Crippen LogP contribution in [0.15, 0.2) is 30.3 Å². The zero-order chi connectivity index (χ0) is 15.0. The molecule has 112 valence electrons. The number of ether oxygens (including phenoxy) is 1. The van der Waals surface area contributed by atoms with Crippen molar-refractivity contribution in [3.05, 3.63) is 35.9 Å². The van der Waals surface area contributed by atoms with E-state index in [-0.39, 0.29) is 0 Å². The highest BCUT2D eigenvalue weighted by Crippen LogP contribution is 2.32. The van der Waals surface area contributed by atoms with E-state index in [0.29, 0.717) is 32.7 Å². The molecule has 0 bridgehead atoms. The summed E-state index contributed by atoms with van der Waals surface area (Å²) < 4.78 is 5.41. The fourth-order valence-electron chi connectivity index (χ4n) is 2.69. The van der Waals surface area contributed by atoms with Crippen LogP contribution < -0.4 is 0 Å². The van der Waals surface area contributed by atoms with Gasteiger partial charge in [0.15, 0.2) is 0 Å². The molecular formula is C16H25NO3. The topological polar surface area (TPSA) is 49.8 Å². The number of carboxylic acid groups (broad SMARTS) is 1. The van der Waals surface area contributed by atoms with Crippen molar-refractivity contribution < 1.29 is 14.6 Å². The first kappa shape index (κ1) is 16.7. The lowest BCUT2D eigenvalue weighted by Gasteiger charge is -2.40. The molecule has 0 amide bonds. The van der Waals surface area contributed by atoms with Crippen LogP contribution in [0.3, 0.4) is 0 Å². The molecule has 1 aromatic rings. The average Bonchev–Trinajstić information content (AvgIpc) is 2.47. The Labute approximate surface area is 121 Å². The van der Waals surface area contributed by atoms with Gasteiger partial charge in [-0.05, 0) is 25.6 Å². The third kappa shape index (κ3) is 3.38. The van der Waals surface area contributed by atoms with Gasteiger partial charge in [-0.15, -0.1) is 0 Å². The van der Waals surface area contributed by atoms with Gasteiger partial charge in [0.05, 0.1) is 0 Å². The lowest BCUT2D eigenvalue weighted by molar-refractivity contribution is -0.154. The molecular weight excluding hydrogens is 254 g/mol. The van der Waals surface area contributed by atoms with E-state index in [1.54, 1.807) is 0 Å². The second-order valence-corrected chi connectivity index (χ2v) is 4.65. The van der Waals surface area contributed by atoms with Crippen molar-refractivity contribution in [2.24, 2.45) is 0 Å². The Kier molecular flexibility index (Phi) is 6.68. The Balaban J connectivity index is 3.23. The van der Waals surface area contributed by atoms with Gasteiger partial charge >= 0.3 is 5.97 Å². The van der Waals surface area contributed by atoms with Crippen LogP contribution in [0.25, 0.3) is 0 Å². The van der Waals surface area contributed by atoms with Gasteiger partial charge in [0.25, 0.3) is 0 Å². The van der Waals surface area contributed by atoms with Crippen LogP contribution in [0.1, 0.15) is 32.8 Å². The molecule has 0 fully saturated rings. The number of likely N-dealkylation sites (N-methyl/N-ethyl adjacent to an activating group) is 1. The highest BCUT2D eigenvalue weighted by molar-refractivity contribution is 5.80. The Morgan fingerprint density at radius 1 is 1.20 bits per heavy atom. The fraction of sp³-hybridized carbons (Fsp3) is 0.562. The lowest BCUT2D eigenvalue weighted by atomic mass is 9.84. The zero-order valence-electron chi connectivity index (χ0n) is 12.6. The predicted octanol–water partition coefficient (Wildman–Crippen LogP) is 2.73. The number of nitrogens with zero attached hydrogens (tertiary/aromatic N) is 1. The average molecular weight is 279 g/mol. The van der Waals surface area contributed by atoms with Crippen molar-refractivity contribution in [3.8, 4) is 0 Å². The van der Waals surface area contributed by atoms with E-state index >= 15 is 0 Å². The van der Waals surface area contributed by atoms with Crippen molar-refractivity contribution in [2.75, 3.05) is 26.3 Å². The molecule has 0 saturated carbocycles. The summed E-state index contributed by atoms with van der Waals surface area (Å²) in [5, 5.41) is 9.91. The van der Waals surface area contributed by atoms with Gasteiger partial charge in [-0.3, -0.25) is 4.90 Å². The molecule has 4 nitrogen and oxygen atoms in total. The van der Waals surface area contributed by atoms with Crippen molar-refractivity contribution in [2.45, 2.75) is 32.7 Å². The largest absolute Gasteiger partial charge is 0.480 e. The molecule has 0 spiro atoms. The predicted molar refractivity (Wildman–Crippen MR) is 79.8 cm³/mol. The molecule has 1 aromatic carbocycles. The molecule has 0 heterocycles. The van der Waals surface area contributed by atoms with E-state index in [0.717, 1.165) is 5.56 Å². The molecule has 1 rings (SSSR count). The van der Waals surface area contributed by atoms with Crippen molar-refractivity contribution in [1.29, 1.82) is 0 Å². The summed E-state index contributed by atoms with van der Waals surface area (Å²) in [6.45, 7) is 8.31. The molecule has 0 aliphatic heterocycles. The van der Waals surface area contributed by atoms with E-state index in [9.17, 15) is 9.90 Å². The number of benzene rings is 1. The second-order valence-electron chi connectivity index (χ2n) is 4.65. The number of hydrogen-bond donors (Lipinski definition) is 1. The van der Waals surface area contributed by atoms with Crippen LogP contribution in [0.5, 0.6) is 0 Å². The summed E-state index contributed by atoms with van der Waals surface area (Å²) >= 11 is 0. The molecule has 0 saturated heterocycles. The van der Waals surface area contributed by atoms with Crippen molar-refractivity contribution in [1.82, 2.24) is 4.90 Å². The normalized spacial score (nSPS) is 14.2. The van der Waals surface area contributed by atoms with E-state index in [4.69, 9.17) is 4.74 Å². The molecule has 0 aliphatic carbocycles. The SMILES string of the molecule is CCOCCC(C(=O)O)(c1ccccc1)N(CC)CC. The standard InChI is InChI=1S/C16H25NO3/c1-4-17(5-2)16(15(18)19,12-13-20-6-3)14-10-8-7-9-11-14/h7-11H,4-6,12-13H2,1-3H3,(H,18,19). The van der Waals surface area contributed by atoms with Crippen LogP contribution >= 0.6 is 0 Å². The van der Waals surface area contributed by atoms with Crippen LogP contribution in [-0.4, -0.2) is 42.3 Å². The first-order chi connectivity index (χ1) is 9.63. The van der Waals surface area contributed by atoms with Gasteiger partial charge in [0.2, 0.25) is 0 Å². The molecule has 20 heavy (non-hydrogen) atoms. The van der Waals surface area contributed by atoms with Crippen LogP contribution in [0, 0.1) is 0 Å². The smallest absolute Gasteiger partial charge is 0.328 e. The summed E-state index contributed by atoms with van der Waals surface area (Å²) in [5.74, 6) is -0.813. The van der Waals surface area contributed by atoms with Crippen molar-refractivity contribution in [3.63, 3.8) is 0 Å². The van der Waals surface area contributed by atoms with Crippen molar-refractivity contribution >= 4 is 5.97 Å². The fourth-order valence-corrected chi connectivity index (χ4v) is 2.69. The summed E-state index contributed by atoms with van der Waals surface area (Å²) in [4.78, 5) is 14.1. The number of carboxylic acids is 1. The highest BCUT2D eigenvalue weighted by atomic mass is 16.5. The third-order valence-electron chi connectivity index (χ3n) is 3.72. The molecule has 4 heteroatoms. The summed E-state index contributed by atoms with van der Waals surface area (Å²) in [7, 11) is 0. The maximum atomic E-state index is 12.1. The molecule has 1 N–H and O–H groups in total. The maximum absolute atomic E-state index is 12.1. The van der Waals surface area contributed by atoms with Gasteiger partial charge in [-0.1, -0.05) is 44.2 Å². The Morgan fingerprint density at radius 3 is 2.25 bits per heavy atom. The Hall–Kier alpha value is -1.39. The van der Waals surface area contributed by atoms with Gasteiger partial charge in [0, 0.05) is 19.6 Å². The Bertz CT molecular complexity index is 403. The number of hydrogen-bond acceptors (Lipinski definition) is 3. The summed E-state index contributed by atoms with van der Waals surface area (Å²) in [6, 6.07) is 9.45. The molecule has 1 atom stereocenters. The summed E-state index contributed by atoms with van der Waals surface area (Å²) in [5.41, 5.74) is -0.198. The summed E-state index contributed by atoms with van der Waals surface area (Å²) in [6.07, 6.45) is 0.446. The van der Waals surface area contributed by atoms with Crippen LogP contribution in [0.4, 0.5) is 0 Å². The minimum Gasteiger partial charge on any atom is -0.480 e. The number of rotatable bonds is 9. The van der Waals surface area contributed by atoms with E-state index in [2.05, 4.69) is 0 Å². The number of carbonyl (C=O) groups is 1. The van der Waals surface area contributed by atoms with Gasteiger partial charge in [0.1, 0.15) is 5.54 Å².